The molecule has 1 amide bonds. The number of nitrogens with two attached hydrogens (primary N) is 1. The van der Waals surface area contributed by atoms with Crippen LogP contribution in [0.25, 0.3) is 22.6 Å². The van der Waals surface area contributed by atoms with Crippen LogP contribution >= 0.6 is 0 Å². The van der Waals surface area contributed by atoms with Crippen molar-refractivity contribution in [1.29, 1.82) is 0 Å². The smallest absolute Gasteiger partial charge is 0.276 e. The van der Waals surface area contributed by atoms with E-state index in [0.29, 0.717) is 16.6 Å². The molecule has 1 atom stereocenters. The highest BCUT2D eigenvalue weighted by molar-refractivity contribution is 6.09. The molecule has 0 radical (unpaired) electrons. The maximum atomic E-state index is 13.4. The molecule has 1 aromatic carbocycles. The topological polar surface area (TPSA) is 122 Å². The Bertz CT molecular complexity index is 1410. The van der Waals surface area contributed by atoms with Crippen molar-refractivity contribution in [2.24, 2.45) is 0 Å². The van der Waals surface area contributed by atoms with Gasteiger partial charge in [0, 0.05) is 24.4 Å². The van der Waals surface area contributed by atoms with Gasteiger partial charge in [0.15, 0.2) is 12.5 Å². The van der Waals surface area contributed by atoms with Crippen molar-refractivity contribution in [3.63, 3.8) is 0 Å². The summed E-state index contributed by atoms with van der Waals surface area (Å²) >= 11 is 0. The fourth-order valence-corrected chi connectivity index (χ4v) is 4.19. The van der Waals surface area contributed by atoms with Crippen molar-refractivity contribution in [3.8, 4) is 11.5 Å². The Labute approximate surface area is 191 Å². The number of hydrogen-bond donors (Lipinski definition) is 3. The van der Waals surface area contributed by atoms with E-state index in [4.69, 9.17) is 5.73 Å². The first-order chi connectivity index (χ1) is 16.2. The number of H-pyrrole nitrogens is 1. The SMILES string of the molecule is CC1(c2ccccc2)C(=O)Nc2nc(-c3nc(CCC(F)(F)CF)nc4[nH]ccc34)nc(N)c21. The summed E-state index contributed by atoms with van der Waals surface area (Å²) in [5, 5.41) is 3.34. The fraction of sp³-hybridized carbons (Fsp3) is 0.261. The lowest BCUT2D eigenvalue weighted by Crippen LogP contribution is -2.32. The average molecular weight is 467 g/mol. The molecule has 4 N–H and O–H groups in total. The molecule has 34 heavy (non-hydrogen) atoms. The number of nitrogens with one attached hydrogen (secondary N) is 2. The van der Waals surface area contributed by atoms with Gasteiger partial charge >= 0.3 is 0 Å². The highest BCUT2D eigenvalue weighted by Gasteiger charge is 2.47. The summed E-state index contributed by atoms with van der Waals surface area (Å²) in [6.45, 7) is -0.00393. The lowest BCUT2D eigenvalue weighted by molar-refractivity contribution is -0.119. The first-order valence-corrected chi connectivity index (χ1v) is 10.6. The molecule has 11 heteroatoms. The maximum absolute atomic E-state index is 13.4. The quantitative estimate of drug-likeness (QED) is 0.397. The summed E-state index contributed by atoms with van der Waals surface area (Å²) in [6, 6.07) is 10.9. The van der Waals surface area contributed by atoms with Crippen molar-refractivity contribution >= 4 is 28.6 Å². The Morgan fingerprint density at radius 3 is 2.59 bits per heavy atom. The molecule has 3 aromatic heterocycles. The van der Waals surface area contributed by atoms with Gasteiger partial charge in [0.05, 0.1) is 5.56 Å². The van der Waals surface area contributed by atoms with Gasteiger partial charge in [0.2, 0.25) is 5.91 Å². The molecule has 4 aromatic rings. The van der Waals surface area contributed by atoms with Crippen LogP contribution in [0.4, 0.5) is 24.8 Å². The first kappa shape index (κ1) is 21.8. The number of carbonyl (C=O) groups excluding carboxylic acids is 1. The third-order valence-electron chi connectivity index (χ3n) is 6.06. The summed E-state index contributed by atoms with van der Waals surface area (Å²) in [5.74, 6) is -3.22. The van der Waals surface area contributed by atoms with Gasteiger partial charge in [-0.1, -0.05) is 30.3 Å². The normalized spacial score (nSPS) is 17.7. The molecule has 4 heterocycles. The van der Waals surface area contributed by atoms with Gasteiger partial charge < -0.3 is 16.0 Å². The van der Waals surface area contributed by atoms with Crippen molar-refractivity contribution in [2.75, 3.05) is 17.7 Å². The average Bonchev–Trinajstić information content (AvgIpc) is 3.40. The van der Waals surface area contributed by atoms with E-state index >= 15 is 0 Å². The third kappa shape index (κ3) is 3.44. The number of aryl methyl sites for hydroxylation is 1. The van der Waals surface area contributed by atoms with Gasteiger partial charge in [0.1, 0.15) is 34.2 Å². The van der Waals surface area contributed by atoms with Crippen LogP contribution < -0.4 is 11.1 Å². The van der Waals surface area contributed by atoms with Crippen molar-refractivity contribution < 1.29 is 18.0 Å². The van der Waals surface area contributed by atoms with Crippen molar-refractivity contribution in [3.05, 3.63) is 59.5 Å². The fourth-order valence-electron chi connectivity index (χ4n) is 4.19. The van der Waals surface area contributed by atoms with Crippen LogP contribution in [0.1, 0.15) is 30.3 Å². The number of nitrogens with zero attached hydrogens (tertiary/aromatic N) is 4. The van der Waals surface area contributed by atoms with Gasteiger partial charge in [-0.25, -0.2) is 33.1 Å². The molecule has 1 aliphatic heterocycles. The number of aromatic nitrogens is 5. The number of aromatic amines is 1. The largest absolute Gasteiger partial charge is 0.383 e. The zero-order valence-electron chi connectivity index (χ0n) is 18.1. The molecule has 0 saturated heterocycles. The standard InChI is InChI=1S/C23H20F3N7O/c1-22(12-5-3-2-4-6-12)15-17(27)31-20(32-19(15)33-21(22)34)16-13-8-10-28-18(13)30-14(29-16)7-9-23(25,26)11-24/h2-6,8,10H,7,9,11H2,1H3,(H,28,29,30)(H3,27,31,32,33,34). The minimum absolute atomic E-state index is 0.0823. The number of carbonyl (C=O) groups is 1. The van der Waals surface area contributed by atoms with E-state index in [1.165, 1.54) is 0 Å². The maximum Gasteiger partial charge on any atom is 0.276 e. The summed E-state index contributed by atoms with van der Waals surface area (Å²) in [5.41, 5.74) is 7.10. The van der Waals surface area contributed by atoms with E-state index in [9.17, 15) is 18.0 Å². The number of fused-ring (bicyclic) bond motifs is 2. The molecule has 0 spiro atoms. The van der Waals surface area contributed by atoms with Gasteiger partial charge in [-0.3, -0.25) is 4.79 Å². The van der Waals surface area contributed by atoms with Crippen LogP contribution in [0, 0.1) is 0 Å². The number of rotatable bonds is 6. The van der Waals surface area contributed by atoms with Crippen LogP contribution in [0.5, 0.6) is 0 Å². The Balaban J connectivity index is 1.61. The van der Waals surface area contributed by atoms with Crippen LogP contribution in [0.15, 0.2) is 42.6 Å². The number of benzene rings is 1. The minimum Gasteiger partial charge on any atom is -0.383 e. The second-order valence-electron chi connectivity index (χ2n) is 8.32. The molecule has 0 fully saturated rings. The lowest BCUT2D eigenvalue weighted by atomic mass is 9.78. The van der Waals surface area contributed by atoms with Crippen molar-refractivity contribution in [1.82, 2.24) is 24.9 Å². The third-order valence-corrected chi connectivity index (χ3v) is 6.06. The van der Waals surface area contributed by atoms with Crippen LogP contribution in [0.2, 0.25) is 0 Å². The Hall–Kier alpha value is -4.02. The molecule has 0 bridgehead atoms. The van der Waals surface area contributed by atoms with Gasteiger partial charge in [-0.05, 0) is 18.6 Å². The number of alkyl halides is 3. The summed E-state index contributed by atoms with van der Waals surface area (Å²) < 4.78 is 39.4. The van der Waals surface area contributed by atoms with Crippen LogP contribution in [0.3, 0.4) is 0 Å². The highest BCUT2D eigenvalue weighted by Crippen LogP contribution is 2.45. The first-order valence-electron chi connectivity index (χ1n) is 10.6. The van der Waals surface area contributed by atoms with Gasteiger partial charge in [0.25, 0.3) is 5.92 Å². The van der Waals surface area contributed by atoms with E-state index in [1.54, 1.807) is 19.2 Å². The molecule has 5 rings (SSSR count). The van der Waals surface area contributed by atoms with E-state index in [1.807, 2.05) is 30.3 Å². The predicted octanol–water partition coefficient (Wildman–Crippen LogP) is 3.79. The highest BCUT2D eigenvalue weighted by atomic mass is 19.3. The van der Waals surface area contributed by atoms with Gasteiger partial charge in [-0.15, -0.1) is 0 Å². The van der Waals surface area contributed by atoms with Crippen molar-refractivity contribution in [2.45, 2.75) is 31.1 Å². The second kappa shape index (κ2) is 7.79. The van der Waals surface area contributed by atoms with E-state index in [0.717, 1.165) is 5.56 Å². The van der Waals surface area contributed by atoms with Gasteiger partial charge in [-0.2, -0.15) is 0 Å². The Kier molecular flexibility index (Phi) is 4.99. The summed E-state index contributed by atoms with van der Waals surface area (Å²) in [4.78, 5) is 33.5. The summed E-state index contributed by atoms with van der Waals surface area (Å²) in [6.07, 6.45) is 0.629. The number of nitrogen functional groups attached to an aromatic ring is 1. The van der Waals surface area contributed by atoms with E-state index in [-0.39, 0.29) is 41.3 Å². The number of amides is 1. The second-order valence-corrected chi connectivity index (χ2v) is 8.32. The molecule has 1 unspecified atom stereocenters. The molecule has 0 aliphatic carbocycles. The molecule has 174 valence electrons. The zero-order chi connectivity index (χ0) is 24.1. The lowest BCUT2D eigenvalue weighted by Gasteiger charge is -2.23. The minimum atomic E-state index is -3.46. The van der Waals surface area contributed by atoms with E-state index < -0.39 is 24.4 Å². The van der Waals surface area contributed by atoms with Crippen LogP contribution in [-0.4, -0.2) is 43.4 Å². The number of anilines is 2. The molecular formula is C23H20F3N7O. The Morgan fingerprint density at radius 1 is 1.09 bits per heavy atom. The molecule has 8 nitrogen and oxygen atoms in total. The monoisotopic (exact) mass is 467 g/mol. The molecule has 0 saturated carbocycles. The Morgan fingerprint density at radius 2 is 1.85 bits per heavy atom. The predicted molar refractivity (Wildman–Crippen MR) is 120 cm³/mol. The zero-order valence-corrected chi connectivity index (χ0v) is 18.1. The molecule has 1 aliphatic rings. The van der Waals surface area contributed by atoms with E-state index in [2.05, 4.69) is 30.2 Å². The number of hydrogen-bond acceptors (Lipinski definition) is 6. The summed E-state index contributed by atoms with van der Waals surface area (Å²) in [7, 11) is 0. The molecular weight excluding hydrogens is 447 g/mol. The van der Waals surface area contributed by atoms with Crippen LogP contribution in [-0.2, 0) is 16.6 Å². The number of halogens is 3.